The van der Waals surface area contributed by atoms with Gasteiger partial charge in [-0.05, 0) is 41.5 Å². The standard InChI is InChI=1S/C16H31N3O6/c1-15(2,3)24-8-10(18-12(20)7-17)13(21)19-11(14(22)23)9-25-16(4,5)6/h10-11H,7-9,17H2,1-6H3,(H,18,20)(H,19,21)(H,22,23)/t10-,11-/m0/s1. The van der Waals surface area contributed by atoms with E-state index in [9.17, 15) is 19.5 Å². The lowest BCUT2D eigenvalue weighted by Crippen LogP contribution is -2.56. The van der Waals surface area contributed by atoms with Crippen LogP contribution in [0, 0.1) is 0 Å². The van der Waals surface area contributed by atoms with Gasteiger partial charge in [-0.2, -0.15) is 0 Å². The van der Waals surface area contributed by atoms with Gasteiger partial charge in [0.1, 0.15) is 6.04 Å². The summed E-state index contributed by atoms with van der Waals surface area (Å²) in [6.45, 7) is 10.1. The van der Waals surface area contributed by atoms with E-state index < -0.39 is 41.1 Å². The van der Waals surface area contributed by atoms with Crippen molar-refractivity contribution in [3.8, 4) is 0 Å². The molecule has 0 heterocycles. The maximum atomic E-state index is 12.4. The molecule has 0 fully saturated rings. The molecule has 0 aliphatic carbocycles. The number of ether oxygens (including phenoxy) is 2. The fraction of sp³-hybridized carbons (Fsp3) is 0.812. The highest BCUT2D eigenvalue weighted by molar-refractivity contribution is 5.90. The Hall–Kier alpha value is -1.71. The number of nitrogens with one attached hydrogen (secondary N) is 2. The van der Waals surface area contributed by atoms with E-state index in [2.05, 4.69) is 10.6 Å². The zero-order valence-corrected chi connectivity index (χ0v) is 15.8. The largest absolute Gasteiger partial charge is 0.480 e. The molecule has 0 aromatic rings. The van der Waals surface area contributed by atoms with Crippen LogP contribution < -0.4 is 16.4 Å². The van der Waals surface area contributed by atoms with Gasteiger partial charge >= 0.3 is 5.97 Å². The first-order valence-corrected chi connectivity index (χ1v) is 8.05. The summed E-state index contributed by atoms with van der Waals surface area (Å²) in [5.41, 5.74) is 4.16. The molecule has 0 aromatic heterocycles. The second-order valence-corrected chi connectivity index (χ2v) is 7.57. The Balaban J connectivity index is 4.99. The lowest BCUT2D eigenvalue weighted by Gasteiger charge is -2.27. The summed E-state index contributed by atoms with van der Waals surface area (Å²) >= 11 is 0. The van der Waals surface area contributed by atoms with E-state index in [1.54, 1.807) is 41.5 Å². The van der Waals surface area contributed by atoms with Crippen LogP contribution in [0.1, 0.15) is 41.5 Å². The maximum absolute atomic E-state index is 12.4. The Bertz CT molecular complexity index is 467. The van der Waals surface area contributed by atoms with E-state index in [0.717, 1.165) is 0 Å². The van der Waals surface area contributed by atoms with E-state index in [-0.39, 0.29) is 19.8 Å². The van der Waals surface area contributed by atoms with Crippen LogP contribution in [0.25, 0.3) is 0 Å². The van der Waals surface area contributed by atoms with Crippen LogP contribution >= 0.6 is 0 Å². The van der Waals surface area contributed by atoms with E-state index in [1.807, 2.05) is 0 Å². The number of carboxylic acids is 1. The lowest BCUT2D eigenvalue weighted by molar-refractivity contribution is -0.146. The minimum atomic E-state index is -1.25. The van der Waals surface area contributed by atoms with Gasteiger partial charge in [-0.1, -0.05) is 0 Å². The summed E-state index contributed by atoms with van der Waals surface area (Å²) in [7, 11) is 0. The molecule has 5 N–H and O–H groups in total. The van der Waals surface area contributed by atoms with Crippen molar-refractivity contribution >= 4 is 17.8 Å². The minimum Gasteiger partial charge on any atom is -0.480 e. The van der Waals surface area contributed by atoms with Gasteiger partial charge in [-0.15, -0.1) is 0 Å². The summed E-state index contributed by atoms with van der Waals surface area (Å²) in [5.74, 6) is -2.47. The number of hydrogen-bond acceptors (Lipinski definition) is 6. The summed E-state index contributed by atoms with van der Waals surface area (Å²) in [6.07, 6.45) is 0. The monoisotopic (exact) mass is 361 g/mol. The first-order chi connectivity index (χ1) is 11.2. The molecule has 0 bridgehead atoms. The normalized spacial score (nSPS) is 14.5. The van der Waals surface area contributed by atoms with Crippen LogP contribution in [-0.4, -0.2) is 65.9 Å². The maximum Gasteiger partial charge on any atom is 0.328 e. The third-order valence-corrected chi connectivity index (χ3v) is 2.82. The highest BCUT2D eigenvalue weighted by atomic mass is 16.5. The molecule has 2 atom stereocenters. The fourth-order valence-electron chi connectivity index (χ4n) is 1.55. The van der Waals surface area contributed by atoms with Crippen molar-refractivity contribution in [3.63, 3.8) is 0 Å². The second-order valence-electron chi connectivity index (χ2n) is 7.57. The first kappa shape index (κ1) is 23.3. The van der Waals surface area contributed by atoms with Crippen LogP contribution in [-0.2, 0) is 23.9 Å². The number of nitrogens with two attached hydrogens (primary N) is 1. The molecule has 9 heteroatoms. The number of carboxylic acid groups (broad SMARTS) is 1. The van der Waals surface area contributed by atoms with Gasteiger partial charge in [-0.25, -0.2) is 4.79 Å². The Morgan fingerprint density at radius 1 is 0.920 bits per heavy atom. The van der Waals surface area contributed by atoms with Crippen molar-refractivity contribution in [2.24, 2.45) is 5.73 Å². The number of carbonyl (C=O) groups is 3. The molecule has 0 unspecified atom stereocenters. The topological polar surface area (TPSA) is 140 Å². The number of hydrogen-bond donors (Lipinski definition) is 4. The predicted molar refractivity (Wildman–Crippen MR) is 92.0 cm³/mol. The molecular formula is C16H31N3O6. The van der Waals surface area contributed by atoms with Gasteiger partial charge in [-0.3, -0.25) is 9.59 Å². The highest BCUT2D eigenvalue weighted by Crippen LogP contribution is 2.09. The molecule has 2 amide bonds. The molecule has 146 valence electrons. The summed E-state index contributed by atoms with van der Waals surface area (Å²) in [4.78, 5) is 35.2. The molecule has 0 radical (unpaired) electrons. The Labute approximate surface area is 148 Å². The van der Waals surface area contributed by atoms with Crippen LogP contribution in [0.2, 0.25) is 0 Å². The molecule has 0 saturated heterocycles. The molecule has 0 rings (SSSR count). The molecule has 0 aliphatic heterocycles. The summed E-state index contributed by atoms with van der Waals surface area (Å²) in [5, 5.41) is 14.0. The van der Waals surface area contributed by atoms with Crippen molar-refractivity contribution in [1.29, 1.82) is 0 Å². The average Bonchev–Trinajstić information content (AvgIpc) is 2.44. The zero-order valence-electron chi connectivity index (χ0n) is 15.8. The number of amides is 2. The van der Waals surface area contributed by atoms with Crippen molar-refractivity contribution in [2.75, 3.05) is 19.8 Å². The van der Waals surface area contributed by atoms with Gasteiger partial charge < -0.3 is 30.9 Å². The van der Waals surface area contributed by atoms with Crippen molar-refractivity contribution in [3.05, 3.63) is 0 Å². The van der Waals surface area contributed by atoms with Gasteiger partial charge in [0, 0.05) is 0 Å². The Kier molecular flexibility index (Phi) is 9.03. The Morgan fingerprint density at radius 2 is 1.36 bits per heavy atom. The minimum absolute atomic E-state index is 0.118. The quantitative estimate of drug-likeness (QED) is 0.439. The number of rotatable bonds is 9. The SMILES string of the molecule is CC(C)(C)OC[C@H](NC(=O)[C@H](COC(C)(C)C)NC(=O)CN)C(=O)O. The third-order valence-electron chi connectivity index (χ3n) is 2.82. The van der Waals surface area contributed by atoms with Crippen LogP contribution in [0.4, 0.5) is 0 Å². The van der Waals surface area contributed by atoms with Crippen molar-refractivity contribution in [2.45, 2.75) is 64.8 Å². The predicted octanol–water partition coefficient (Wildman–Crippen LogP) is -0.370. The smallest absolute Gasteiger partial charge is 0.328 e. The van der Waals surface area contributed by atoms with Gasteiger partial charge in [0.25, 0.3) is 0 Å². The molecule has 0 spiro atoms. The summed E-state index contributed by atoms with van der Waals surface area (Å²) in [6, 6.07) is -2.31. The van der Waals surface area contributed by atoms with E-state index >= 15 is 0 Å². The highest BCUT2D eigenvalue weighted by Gasteiger charge is 2.29. The third kappa shape index (κ3) is 11.5. The number of aliphatic carboxylic acids is 1. The molecule has 9 nitrogen and oxygen atoms in total. The lowest BCUT2D eigenvalue weighted by atomic mass is 10.1. The van der Waals surface area contributed by atoms with Gasteiger partial charge in [0.2, 0.25) is 11.8 Å². The molecule has 0 aromatic carbocycles. The average molecular weight is 361 g/mol. The fourth-order valence-corrected chi connectivity index (χ4v) is 1.55. The molecular weight excluding hydrogens is 330 g/mol. The molecule has 25 heavy (non-hydrogen) atoms. The van der Waals surface area contributed by atoms with Crippen LogP contribution in [0.5, 0.6) is 0 Å². The van der Waals surface area contributed by atoms with Crippen LogP contribution in [0.15, 0.2) is 0 Å². The summed E-state index contributed by atoms with van der Waals surface area (Å²) < 4.78 is 10.9. The van der Waals surface area contributed by atoms with Gasteiger partial charge in [0.15, 0.2) is 6.04 Å². The molecule has 0 aliphatic rings. The van der Waals surface area contributed by atoms with Crippen molar-refractivity contribution in [1.82, 2.24) is 10.6 Å². The zero-order chi connectivity index (χ0) is 19.8. The second kappa shape index (κ2) is 9.69. The van der Waals surface area contributed by atoms with E-state index in [4.69, 9.17) is 15.2 Å². The Morgan fingerprint density at radius 3 is 1.72 bits per heavy atom. The van der Waals surface area contributed by atoms with Crippen molar-refractivity contribution < 1.29 is 29.0 Å². The molecule has 0 saturated carbocycles. The van der Waals surface area contributed by atoms with Crippen LogP contribution in [0.3, 0.4) is 0 Å². The van der Waals surface area contributed by atoms with Gasteiger partial charge in [0.05, 0.1) is 31.0 Å². The number of carbonyl (C=O) groups excluding carboxylic acids is 2. The van der Waals surface area contributed by atoms with E-state index in [1.165, 1.54) is 0 Å². The van der Waals surface area contributed by atoms with E-state index in [0.29, 0.717) is 0 Å². The first-order valence-electron chi connectivity index (χ1n) is 8.05.